The summed E-state index contributed by atoms with van der Waals surface area (Å²) in [4.78, 5) is 10.7. The molecule has 0 heterocycles. The lowest BCUT2D eigenvalue weighted by Gasteiger charge is -2.22. The van der Waals surface area contributed by atoms with E-state index < -0.39 is 5.41 Å². The summed E-state index contributed by atoms with van der Waals surface area (Å²) in [6.07, 6.45) is 2.44. The number of hydrogen-bond donors (Lipinski definition) is 0. The summed E-state index contributed by atoms with van der Waals surface area (Å²) >= 11 is 0. The molecule has 1 rings (SSSR count). The molecular weight excluding hydrogens is 154 g/mol. The molecule has 0 aliphatic heterocycles. The van der Waals surface area contributed by atoms with Crippen LogP contribution in [0, 0.1) is 16.7 Å². The minimum absolute atomic E-state index is 0.194. The lowest BCUT2D eigenvalue weighted by atomic mass is 9.88. The van der Waals surface area contributed by atoms with E-state index in [1.807, 2.05) is 6.92 Å². The second-order valence-electron chi connectivity index (χ2n) is 3.52. The van der Waals surface area contributed by atoms with E-state index in [-0.39, 0.29) is 12.1 Å². The van der Waals surface area contributed by atoms with E-state index >= 15 is 0 Å². The van der Waals surface area contributed by atoms with Crippen LogP contribution in [-0.4, -0.2) is 12.1 Å². The number of rotatable bonds is 1. The summed E-state index contributed by atoms with van der Waals surface area (Å²) in [5.41, 5.74) is -0.453. The molecule has 1 fully saturated rings. The van der Waals surface area contributed by atoms with Crippen LogP contribution in [0.25, 0.3) is 0 Å². The monoisotopic (exact) mass is 167 g/mol. The average Bonchev–Trinajstić information content (AvgIpc) is 2.33. The highest BCUT2D eigenvalue weighted by Crippen LogP contribution is 2.39. The highest BCUT2D eigenvalue weighted by molar-refractivity contribution is 5.66. The van der Waals surface area contributed by atoms with Crippen molar-refractivity contribution in [3.63, 3.8) is 0 Å². The van der Waals surface area contributed by atoms with Gasteiger partial charge in [0.25, 0.3) is 0 Å². The standard InChI is InChI=1S/C9H13NO2/c1-7(11)12-8-4-3-5-9(8,2)6-10/h8H,3-5H2,1-2H3/t8-,9-/m1/s1. The lowest BCUT2D eigenvalue weighted by Crippen LogP contribution is -2.29. The van der Waals surface area contributed by atoms with E-state index in [1.54, 1.807) is 0 Å². The summed E-state index contributed by atoms with van der Waals surface area (Å²) in [7, 11) is 0. The fourth-order valence-corrected chi connectivity index (χ4v) is 1.65. The van der Waals surface area contributed by atoms with Gasteiger partial charge in [0.05, 0.1) is 11.5 Å². The van der Waals surface area contributed by atoms with Crippen molar-refractivity contribution in [2.24, 2.45) is 5.41 Å². The highest BCUT2D eigenvalue weighted by Gasteiger charge is 2.41. The summed E-state index contributed by atoms with van der Waals surface area (Å²) < 4.78 is 5.06. The van der Waals surface area contributed by atoms with E-state index in [1.165, 1.54) is 6.92 Å². The van der Waals surface area contributed by atoms with Crippen LogP contribution in [0.1, 0.15) is 33.1 Å². The first-order valence-electron chi connectivity index (χ1n) is 4.17. The second-order valence-corrected chi connectivity index (χ2v) is 3.52. The van der Waals surface area contributed by atoms with Crippen LogP contribution in [0.4, 0.5) is 0 Å². The third kappa shape index (κ3) is 1.58. The van der Waals surface area contributed by atoms with E-state index in [4.69, 9.17) is 10.00 Å². The highest BCUT2D eigenvalue weighted by atomic mass is 16.5. The molecule has 0 N–H and O–H groups in total. The van der Waals surface area contributed by atoms with Crippen LogP contribution in [0.15, 0.2) is 0 Å². The van der Waals surface area contributed by atoms with Gasteiger partial charge < -0.3 is 4.74 Å². The molecule has 0 saturated heterocycles. The number of carbonyl (C=O) groups is 1. The molecular formula is C9H13NO2. The fourth-order valence-electron chi connectivity index (χ4n) is 1.65. The molecule has 0 aromatic carbocycles. The smallest absolute Gasteiger partial charge is 0.302 e. The average molecular weight is 167 g/mol. The van der Waals surface area contributed by atoms with Crippen LogP contribution >= 0.6 is 0 Å². The predicted octanol–water partition coefficient (Wildman–Crippen LogP) is 1.63. The first kappa shape index (κ1) is 9.05. The molecule has 66 valence electrons. The minimum atomic E-state index is -0.453. The molecule has 0 spiro atoms. The molecule has 1 aliphatic rings. The van der Waals surface area contributed by atoms with Gasteiger partial charge in [0, 0.05) is 6.92 Å². The van der Waals surface area contributed by atoms with E-state index in [0.717, 1.165) is 19.3 Å². The van der Waals surface area contributed by atoms with Gasteiger partial charge in [0.15, 0.2) is 0 Å². The molecule has 1 saturated carbocycles. The summed E-state index contributed by atoms with van der Waals surface area (Å²) in [5.74, 6) is -0.289. The molecule has 3 heteroatoms. The first-order valence-corrected chi connectivity index (χ1v) is 4.17. The van der Waals surface area contributed by atoms with E-state index in [2.05, 4.69) is 6.07 Å². The molecule has 12 heavy (non-hydrogen) atoms. The van der Waals surface area contributed by atoms with Crippen molar-refractivity contribution in [2.75, 3.05) is 0 Å². The van der Waals surface area contributed by atoms with Gasteiger partial charge >= 0.3 is 5.97 Å². The fraction of sp³-hybridized carbons (Fsp3) is 0.778. The Labute approximate surface area is 72.3 Å². The van der Waals surface area contributed by atoms with Gasteiger partial charge in [-0.15, -0.1) is 0 Å². The normalized spacial score (nSPS) is 34.2. The number of nitriles is 1. The van der Waals surface area contributed by atoms with Gasteiger partial charge in [0.2, 0.25) is 0 Å². The molecule has 0 aromatic heterocycles. The van der Waals surface area contributed by atoms with E-state index in [9.17, 15) is 4.79 Å². The maximum Gasteiger partial charge on any atom is 0.302 e. The van der Waals surface area contributed by atoms with Crippen molar-refractivity contribution in [1.29, 1.82) is 5.26 Å². The van der Waals surface area contributed by atoms with Crippen LogP contribution in [-0.2, 0) is 9.53 Å². The van der Waals surface area contributed by atoms with Gasteiger partial charge in [-0.2, -0.15) is 5.26 Å². The number of hydrogen-bond acceptors (Lipinski definition) is 3. The van der Waals surface area contributed by atoms with Crippen molar-refractivity contribution in [3.05, 3.63) is 0 Å². The van der Waals surface area contributed by atoms with E-state index in [0.29, 0.717) is 0 Å². The summed E-state index contributed by atoms with van der Waals surface area (Å²) in [6.45, 7) is 3.24. The molecule has 3 nitrogen and oxygen atoms in total. The Morgan fingerprint density at radius 3 is 2.92 bits per heavy atom. The lowest BCUT2D eigenvalue weighted by molar-refractivity contribution is -0.149. The topological polar surface area (TPSA) is 50.1 Å². The molecule has 2 atom stereocenters. The Balaban J connectivity index is 2.65. The quantitative estimate of drug-likeness (QED) is 0.558. The predicted molar refractivity (Wildman–Crippen MR) is 43.1 cm³/mol. The van der Waals surface area contributed by atoms with Gasteiger partial charge in [-0.3, -0.25) is 4.79 Å². The van der Waals surface area contributed by atoms with Gasteiger partial charge in [-0.25, -0.2) is 0 Å². The van der Waals surface area contributed by atoms with Crippen LogP contribution in [0.2, 0.25) is 0 Å². The largest absolute Gasteiger partial charge is 0.461 e. The minimum Gasteiger partial charge on any atom is -0.461 e. The number of nitrogens with zero attached hydrogens (tertiary/aromatic N) is 1. The Hall–Kier alpha value is -1.04. The number of esters is 1. The Morgan fingerprint density at radius 2 is 2.42 bits per heavy atom. The first-order chi connectivity index (χ1) is 5.58. The van der Waals surface area contributed by atoms with Gasteiger partial charge in [-0.1, -0.05) is 0 Å². The van der Waals surface area contributed by atoms with Crippen molar-refractivity contribution in [1.82, 2.24) is 0 Å². The maximum atomic E-state index is 10.7. The van der Waals surface area contributed by atoms with Crippen molar-refractivity contribution < 1.29 is 9.53 Å². The molecule has 0 bridgehead atoms. The zero-order valence-electron chi connectivity index (χ0n) is 7.46. The van der Waals surface area contributed by atoms with Crippen molar-refractivity contribution in [2.45, 2.75) is 39.2 Å². The Morgan fingerprint density at radius 1 is 1.75 bits per heavy atom. The number of ether oxygens (including phenoxy) is 1. The Kier molecular flexibility index (Phi) is 2.37. The zero-order chi connectivity index (χ0) is 9.19. The van der Waals surface area contributed by atoms with Crippen LogP contribution < -0.4 is 0 Å². The molecule has 0 amide bonds. The maximum absolute atomic E-state index is 10.7. The third-order valence-corrected chi connectivity index (χ3v) is 2.44. The zero-order valence-corrected chi connectivity index (χ0v) is 7.46. The third-order valence-electron chi connectivity index (χ3n) is 2.44. The van der Waals surface area contributed by atoms with Gasteiger partial charge in [-0.05, 0) is 26.2 Å². The summed E-state index contributed by atoms with van der Waals surface area (Å²) in [5, 5.41) is 8.87. The van der Waals surface area contributed by atoms with Crippen molar-refractivity contribution in [3.8, 4) is 6.07 Å². The van der Waals surface area contributed by atoms with Gasteiger partial charge in [0.1, 0.15) is 6.10 Å². The molecule has 0 aromatic rings. The second kappa shape index (κ2) is 3.14. The molecule has 0 unspecified atom stereocenters. The van der Waals surface area contributed by atoms with Crippen LogP contribution in [0.5, 0.6) is 0 Å². The van der Waals surface area contributed by atoms with Crippen molar-refractivity contribution >= 4 is 5.97 Å². The molecule has 1 aliphatic carbocycles. The molecule has 0 radical (unpaired) electrons. The Bertz CT molecular complexity index is 231. The van der Waals surface area contributed by atoms with Crippen LogP contribution in [0.3, 0.4) is 0 Å². The SMILES string of the molecule is CC(=O)O[C@@H]1CCC[C@]1(C)C#N. The summed E-state index contributed by atoms with van der Waals surface area (Å²) in [6, 6.07) is 2.22. The number of carbonyl (C=O) groups excluding carboxylic acids is 1.